The van der Waals surface area contributed by atoms with Crippen LogP contribution in [0.5, 0.6) is 0 Å². The topological polar surface area (TPSA) is 37.3 Å². The van der Waals surface area contributed by atoms with E-state index in [0.29, 0.717) is 0 Å². The van der Waals surface area contributed by atoms with Gasteiger partial charge in [-0.25, -0.2) is 0 Å². The highest BCUT2D eigenvalue weighted by Gasteiger charge is 1.88. The lowest BCUT2D eigenvalue weighted by Gasteiger charge is -1.88. The molecular formula is C9H12O2. The van der Waals surface area contributed by atoms with Crippen LogP contribution in [0.4, 0.5) is 0 Å². The van der Waals surface area contributed by atoms with Crippen LogP contribution in [-0.2, 0) is 4.79 Å². The van der Waals surface area contributed by atoms with E-state index in [0.717, 1.165) is 5.57 Å². The Kier molecular flexibility index (Phi) is 4.82. The highest BCUT2D eigenvalue weighted by Crippen LogP contribution is 1.97. The van der Waals surface area contributed by atoms with E-state index in [-0.39, 0.29) is 6.42 Å². The summed E-state index contributed by atoms with van der Waals surface area (Å²) in [5.41, 5.74) is 0.936. The van der Waals surface area contributed by atoms with Gasteiger partial charge >= 0.3 is 5.97 Å². The zero-order valence-electron chi connectivity index (χ0n) is 6.58. The largest absolute Gasteiger partial charge is 0.481 e. The fourth-order valence-corrected chi connectivity index (χ4v) is 0.578. The van der Waals surface area contributed by atoms with Gasteiger partial charge in [0.15, 0.2) is 0 Å². The Bertz CT molecular complexity index is 200. The average Bonchev–Trinajstić information content (AvgIpc) is 1.98. The van der Waals surface area contributed by atoms with Crippen molar-refractivity contribution in [3.05, 3.63) is 36.5 Å². The summed E-state index contributed by atoms with van der Waals surface area (Å²) in [5, 5.41) is 8.28. The molecule has 0 bridgehead atoms. The van der Waals surface area contributed by atoms with Crippen molar-refractivity contribution in [3.8, 4) is 0 Å². The first-order valence-electron chi connectivity index (χ1n) is 3.37. The van der Waals surface area contributed by atoms with Crippen molar-refractivity contribution >= 4 is 5.97 Å². The van der Waals surface area contributed by atoms with Crippen LogP contribution in [0, 0.1) is 0 Å². The summed E-state index contributed by atoms with van der Waals surface area (Å²) < 4.78 is 0. The van der Waals surface area contributed by atoms with Gasteiger partial charge in [-0.1, -0.05) is 30.9 Å². The van der Waals surface area contributed by atoms with Crippen molar-refractivity contribution in [2.24, 2.45) is 0 Å². The predicted molar refractivity (Wildman–Crippen MR) is 45.3 cm³/mol. The second-order valence-electron chi connectivity index (χ2n) is 1.99. The summed E-state index contributed by atoms with van der Waals surface area (Å²) >= 11 is 0. The Hall–Kier alpha value is -1.31. The van der Waals surface area contributed by atoms with Gasteiger partial charge < -0.3 is 5.11 Å². The van der Waals surface area contributed by atoms with E-state index >= 15 is 0 Å². The van der Waals surface area contributed by atoms with Crippen LogP contribution in [0.3, 0.4) is 0 Å². The Morgan fingerprint density at radius 3 is 2.64 bits per heavy atom. The normalized spacial score (nSPS) is 11.9. The summed E-state index contributed by atoms with van der Waals surface area (Å²) in [4.78, 5) is 10.1. The lowest BCUT2D eigenvalue weighted by atomic mass is 10.2. The quantitative estimate of drug-likeness (QED) is 0.627. The van der Waals surface area contributed by atoms with Crippen LogP contribution in [0.15, 0.2) is 36.5 Å². The molecule has 0 saturated heterocycles. The summed E-state index contributed by atoms with van der Waals surface area (Å²) in [6.07, 6.45) is 6.94. The van der Waals surface area contributed by atoms with Crippen LogP contribution in [0.1, 0.15) is 13.3 Å². The van der Waals surface area contributed by atoms with E-state index in [4.69, 9.17) is 5.11 Å². The second-order valence-corrected chi connectivity index (χ2v) is 1.99. The average molecular weight is 152 g/mol. The fraction of sp³-hybridized carbons (Fsp3) is 0.222. The van der Waals surface area contributed by atoms with Gasteiger partial charge in [0.05, 0.1) is 6.42 Å². The molecule has 0 aliphatic heterocycles. The van der Waals surface area contributed by atoms with E-state index in [1.807, 2.05) is 13.0 Å². The summed E-state index contributed by atoms with van der Waals surface area (Å²) in [6.45, 7) is 5.44. The van der Waals surface area contributed by atoms with Gasteiger partial charge in [-0.15, -0.1) is 0 Å². The molecule has 0 amide bonds. The SMILES string of the molecule is C=CC(C=CCC(=O)O)=CC. The van der Waals surface area contributed by atoms with E-state index < -0.39 is 5.97 Å². The molecule has 0 radical (unpaired) electrons. The first-order valence-corrected chi connectivity index (χ1v) is 3.37. The fourth-order valence-electron chi connectivity index (χ4n) is 0.578. The third kappa shape index (κ3) is 5.15. The molecule has 0 saturated carbocycles. The number of allylic oxidation sites excluding steroid dienone is 4. The van der Waals surface area contributed by atoms with Gasteiger partial charge in [-0.3, -0.25) is 4.79 Å². The molecule has 0 spiro atoms. The summed E-state index contributed by atoms with van der Waals surface area (Å²) in [7, 11) is 0. The molecule has 0 rings (SSSR count). The Balaban J connectivity index is 3.91. The zero-order chi connectivity index (χ0) is 8.69. The smallest absolute Gasteiger partial charge is 0.307 e. The van der Waals surface area contributed by atoms with Crippen LogP contribution in [-0.4, -0.2) is 11.1 Å². The maximum absolute atomic E-state index is 10.1. The van der Waals surface area contributed by atoms with E-state index in [2.05, 4.69) is 6.58 Å². The highest BCUT2D eigenvalue weighted by atomic mass is 16.4. The van der Waals surface area contributed by atoms with Crippen LogP contribution < -0.4 is 0 Å². The van der Waals surface area contributed by atoms with E-state index in [1.165, 1.54) is 0 Å². The minimum atomic E-state index is -0.819. The van der Waals surface area contributed by atoms with Gasteiger partial charge in [0.2, 0.25) is 0 Å². The molecule has 0 aromatic heterocycles. The number of carboxylic acids is 1. The van der Waals surface area contributed by atoms with Gasteiger partial charge in [0, 0.05) is 0 Å². The highest BCUT2D eigenvalue weighted by molar-refractivity contribution is 5.68. The molecule has 2 nitrogen and oxygen atoms in total. The van der Waals surface area contributed by atoms with Crippen molar-refractivity contribution in [1.29, 1.82) is 0 Å². The second kappa shape index (κ2) is 5.47. The molecule has 0 aliphatic carbocycles. The first-order chi connectivity index (χ1) is 5.20. The van der Waals surface area contributed by atoms with Crippen LogP contribution in [0.25, 0.3) is 0 Å². The predicted octanol–water partition coefficient (Wildman–Crippen LogP) is 2.15. The van der Waals surface area contributed by atoms with Crippen LogP contribution in [0.2, 0.25) is 0 Å². The first kappa shape index (κ1) is 9.69. The maximum Gasteiger partial charge on any atom is 0.307 e. The van der Waals surface area contributed by atoms with E-state index in [1.54, 1.807) is 18.2 Å². The van der Waals surface area contributed by atoms with Gasteiger partial charge in [-0.05, 0) is 12.5 Å². The number of hydrogen-bond acceptors (Lipinski definition) is 1. The van der Waals surface area contributed by atoms with Crippen molar-refractivity contribution in [3.63, 3.8) is 0 Å². The van der Waals surface area contributed by atoms with E-state index in [9.17, 15) is 4.79 Å². The number of hydrogen-bond donors (Lipinski definition) is 1. The molecule has 0 atom stereocenters. The number of carbonyl (C=O) groups is 1. The third-order valence-electron chi connectivity index (χ3n) is 1.17. The van der Waals surface area contributed by atoms with Crippen molar-refractivity contribution < 1.29 is 9.90 Å². The third-order valence-corrected chi connectivity index (χ3v) is 1.17. The number of aliphatic carboxylic acids is 1. The number of carboxylic acid groups (broad SMARTS) is 1. The standard InChI is InChI=1S/C9H12O2/c1-3-8(4-2)6-5-7-9(10)11/h3-6H,1,7H2,2H3,(H,10,11). The molecule has 0 aromatic carbocycles. The van der Waals surface area contributed by atoms with Crippen molar-refractivity contribution in [1.82, 2.24) is 0 Å². The molecule has 0 heterocycles. The molecule has 0 aliphatic rings. The molecule has 11 heavy (non-hydrogen) atoms. The number of rotatable bonds is 4. The van der Waals surface area contributed by atoms with Gasteiger partial charge in [-0.2, -0.15) is 0 Å². The van der Waals surface area contributed by atoms with Crippen molar-refractivity contribution in [2.75, 3.05) is 0 Å². The summed E-state index contributed by atoms with van der Waals surface area (Å²) in [6, 6.07) is 0. The minimum Gasteiger partial charge on any atom is -0.481 e. The lowest BCUT2D eigenvalue weighted by molar-refractivity contribution is -0.135. The molecule has 0 aromatic rings. The Morgan fingerprint density at radius 1 is 1.64 bits per heavy atom. The maximum atomic E-state index is 10.1. The molecule has 0 unspecified atom stereocenters. The Labute approximate surface area is 66.5 Å². The molecule has 0 fully saturated rings. The minimum absolute atomic E-state index is 0.0607. The molecular weight excluding hydrogens is 140 g/mol. The summed E-state index contributed by atoms with van der Waals surface area (Å²) in [5.74, 6) is -0.819. The zero-order valence-corrected chi connectivity index (χ0v) is 6.58. The Morgan fingerprint density at radius 2 is 2.27 bits per heavy atom. The molecule has 1 N–H and O–H groups in total. The van der Waals surface area contributed by atoms with Crippen LogP contribution >= 0.6 is 0 Å². The molecule has 60 valence electrons. The lowest BCUT2D eigenvalue weighted by Crippen LogP contribution is -1.89. The molecule has 2 heteroatoms. The van der Waals surface area contributed by atoms with Gasteiger partial charge in [0.25, 0.3) is 0 Å². The van der Waals surface area contributed by atoms with Crippen molar-refractivity contribution in [2.45, 2.75) is 13.3 Å². The monoisotopic (exact) mass is 152 g/mol. The van der Waals surface area contributed by atoms with Gasteiger partial charge in [0.1, 0.15) is 0 Å².